The van der Waals surface area contributed by atoms with E-state index in [1.165, 1.54) is 6.08 Å². The zero-order chi connectivity index (χ0) is 13.7. The molecule has 0 atom stereocenters. The van der Waals surface area contributed by atoms with E-state index in [-0.39, 0.29) is 5.57 Å². The van der Waals surface area contributed by atoms with E-state index in [1.807, 2.05) is 24.3 Å². The number of rotatable bonds is 3. The summed E-state index contributed by atoms with van der Waals surface area (Å²) in [4.78, 5) is 0. The number of ether oxygens (including phenoxy) is 1. The molecule has 0 unspecified atom stereocenters. The van der Waals surface area contributed by atoms with Crippen molar-refractivity contribution in [3.63, 3.8) is 0 Å². The third-order valence-electron chi connectivity index (χ3n) is 2.53. The van der Waals surface area contributed by atoms with Gasteiger partial charge in [0.1, 0.15) is 35.0 Å². The number of methoxy groups -OCH3 is 1. The van der Waals surface area contributed by atoms with E-state index < -0.39 is 0 Å². The Kier molecular flexibility index (Phi) is 3.66. The minimum absolute atomic E-state index is 0.00984. The number of allylic oxidation sites excluding steroid dienone is 1. The van der Waals surface area contributed by atoms with Crippen LogP contribution in [0.15, 0.2) is 46.4 Å². The summed E-state index contributed by atoms with van der Waals surface area (Å²) in [5.74, 6) is 1.92. The molecule has 0 aliphatic rings. The minimum atomic E-state index is 0.00984. The topological polar surface area (TPSA) is 69.9 Å². The Hall–Kier alpha value is -2.98. The fourth-order valence-electron chi connectivity index (χ4n) is 1.57. The molecule has 92 valence electrons. The lowest BCUT2D eigenvalue weighted by molar-refractivity contribution is 0.415. The summed E-state index contributed by atoms with van der Waals surface area (Å²) >= 11 is 0. The van der Waals surface area contributed by atoms with E-state index >= 15 is 0 Å². The van der Waals surface area contributed by atoms with Crippen LogP contribution in [0.25, 0.3) is 17.4 Å². The second kappa shape index (κ2) is 5.57. The van der Waals surface area contributed by atoms with Gasteiger partial charge in [-0.05, 0) is 36.4 Å². The lowest BCUT2D eigenvalue weighted by Crippen LogP contribution is -1.81. The van der Waals surface area contributed by atoms with E-state index in [2.05, 4.69) is 0 Å². The molecular formula is C15H10N2O2. The smallest absolute Gasteiger partial charge is 0.134 e. The van der Waals surface area contributed by atoms with Gasteiger partial charge in [-0.1, -0.05) is 0 Å². The first-order valence-corrected chi connectivity index (χ1v) is 5.53. The third kappa shape index (κ3) is 2.83. The van der Waals surface area contributed by atoms with E-state index in [9.17, 15) is 0 Å². The van der Waals surface area contributed by atoms with Gasteiger partial charge in [0.05, 0.1) is 7.11 Å². The van der Waals surface area contributed by atoms with Crippen molar-refractivity contribution in [1.82, 2.24) is 0 Å². The Balaban J connectivity index is 2.28. The first-order chi connectivity index (χ1) is 9.26. The fourth-order valence-corrected chi connectivity index (χ4v) is 1.57. The van der Waals surface area contributed by atoms with E-state index in [1.54, 1.807) is 31.4 Å². The maximum absolute atomic E-state index is 8.67. The minimum Gasteiger partial charge on any atom is -0.497 e. The Morgan fingerprint density at radius 1 is 1.11 bits per heavy atom. The van der Waals surface area contributed by atoms with Gasteiger partial charge in [0.25, 0.3) is 0 Å². The highest BCUT2D eigenvalue weighted by atomic mass is 16.5. The maximum Gasteiger partial charge on any atom is 0.134 e. The van der Waals surface area contributed by atoms with Crippen molar-refractivity contribution in [3.05, 3.63) is 47.7 Å². The van der Waals surface area contributed by atoms with E-state index in [0.29, 0.717) is 11.5 Å². The maximum atomic E-state index is 8.67. The van der Waals surface area contributed by atoms with Crippen molar-refractivity contribution >= 4 is 6.08 Å². The summed E-state index contributed by atoms with van der Waals surface area (Å²) in [5, 5.41) is 17.3. The molecule has 1 aromatic heterocycles. The quantitative estimate of drug-likeness (QED) is 0.783. The van der Waals surface area contributed by atoms with Gasteiger partial charge >= 0.3 is 0 Å². The molecule has 0 spiro atoms. The molecule has 4 nitrogen and oxygen atoms in total. The first kappa shape index (κ1) is 12.5. The van der Waals surface area contributed by atoms with Crippen LogP contribution in [0.4, 0.5) is 0 Å². The largest absolute Gasteiger partial charge is 0.497 e. The van der Waals surface area contributed by atoms with Crippen LogP contribution in [0.5, 0.6) is 5.75 Å². The molecule has 2 aromatic rings. The molecule has 1 heterocycles. The summed E-state index contributed by atoms with van der Waals surface area (Å²) < 4.78 is 10.6. The molecule has 1 aromatic carbocycles. The number of furan rings is 1. The third-order valence-corrected chi connectivity index (χ3v) is 2.53. The Bertz CT molecular complexity index is 666. The Morgan fingerprint density at radius 2 is 1.79 bits per heavy atom. The summed E-state index contributed by atoms with van der Waals surface area (Å²) in [6.07, 6.45) is 1.41. The monoisotopic (exact) mass is 250 g/mol. The van der Waals surface area contributed by atoms with Crippen molar-refractivity contribution in [1.29, 1.82) is 10.5 Å². The molecule has 0 N–H and O–H groups in total. The molecule has 0 saturated heterocycles. The van der Waals surface area contributed by atoms with Crippen molar-refractivity contribution in [2.24, 2.45) is 0 Å². The van der Waals surface area contributed by atoms with E-state index in [0.717, 1.165) is 11.3 Å². The normalized spacial score (nSPS) is 9.21. The van der Waals surface area contributed by atoms with Gasteiger partial charge in [0, 0.05) is 11.6 Å². The van der Waals surface area contributed by atoms with Crippen LogP contribution in [0.1, 0.15) is 5.76 Å². The van der Waals surface area contributed by atoms with Gasteiger partial charge in [-0.25, -0.2) is 0 Å². The molecular weight excluding hydrogens is 240 g/mol. The summed E-state index contributed by atoms with van der Waals surface area (Å²) in [5.41, 5.74) is 0.909. The van der Waals surface area contributed by atoms with Crippen LogP contribution >= 0.6 is 0 Å². The summed E-state index contributed by atoms with van der Waals surface area (Å²) in [6.45, 7) is 0. The van der Waals surface area contributed by atoms with Crippen molar-refractivity contribution in [2.75, 3.05) is 7.11 Å². The number of nitrogens with zero attached hydrogens (tertiary/aromatic N) is 2. The summed E-state index contributed by atoms with van der Waals surface area (Å²) in [7, 11) is 1.61. The van der Waals surface area contributed by atoms with Crippen molar-refractivity contribution in [3.8, 4) is 29.2 Å². The van der Waals surface area contributed by atoms with Crippen LogP contribution < -0.4 is 4.74 Å². The van der Waals surface area contributed by atoms with Crippen molar-refractivity contribution < 1.29 is 9.15 Å². The molecule has 0 amide bonds. The van der Waals surface area contributed by atoms with Gasteiger partial charge in [0.2, 0.25) is 0 Å². The SMILES string of the molecule is COc1ccc(-c2ccc(C=C(C#N)C#N)o2)cc1. The van der Waals surface area contributed by atoms with Crippen molar-refractivity contribution in [2.45, 2.75) is 0 Å². The number of hydrogen-bond acceptors (Lipinski definition) is 4. The molecule has 0 aliphatic carbocycles. The highest BCUT2D eigenvalue weighted by molar-refractivity contribution is 5.64. The highest BCUT2D eigenvalue weighted by Crippen LogP contribution is 2.25. The predicted molar refractivity (Wildman–Crippen MR) is 69.9 cm³/mol. The Morgan fingerprint density at radius 3 is 2.37 bits per heavy atom. The predicted octanol–water partition coefficient (Wildman–Crippen LogP) is 3.39. The van der Waals surface area contributed by atoms with Crippen LogP contribution in [0.2, 0.25) is 0 Å². The van der Waals surface area contributed by atoms with E-state index in [4.69, 9.17) is 19.7 Å². The van der Waals surface area contributed by atoms with Gasteiger partial charge in [-0.15, -0.1) is 0 Å². The number of benzene rings is 1. The second-order valence-electron chi connectivity index (χ2n) is 3.71. The first-order valence-electron chi connectivity index (χ1n) is 5.53. The molecule has 4 heteroatoms. The molecule has 0 fully saturated rings. The average molecular weight is 250 g/mol. The molecule has 0 radical (unpaired) electrons. The molecule has 19 heavy (non-hydrogen) atoms. The van der Waals surface area contributed by atoms with Gasteiger partial charge in [-0.2, -0.15) is 10.5 Å². The fraction of sp³-hybridized carbons (Fsp3) is 0.0667. The number of hydrogen-bond donors (Lipinski definition) is 0. The molecule has 2 rings (SSSR count). The Labute approximate surface area is 110 Å². The zero-order valence-electron chi connectivity index (χ0n) is 10.3. The lowest BCUT2D eigenvalue weighted by Gasteiger charge is -2.00. The molecule has 0 bridgehead atoms. The lowest BCUT2D eigenvalue weighted by atomic mass is 10.2. The van der Waals surface area contributed by atoms with Gasteiger partial charge in [-0.3, -0.25) is 0 Å². The average Bonchev–Trinajstić information content (AvgIpc) is 2.93. The second-order valence-corrected chi connectivity index (χ2v) is 3.71. The molecule has 0 aliphatic heterocycles. The summed E-state index contributed by atoms with van der Waals surface area (Å²) in [6, 6.07) is 14.5. The van der Waals surface area contributed by atoms with Gasteiger partial charge < -0.3 is 9.15 Å². The highest BCUT2D eigenvalue weighted by Gasteiger charge is 2.04. The van der Waals surface area contributed by atoms with Crippen LogP contribution in [0.3, 0.4) is 0 Å². The zero-order valence-corrected chi connectivity index (χ0v) is 10.3. The molecule has 0 saturated carbocycles. The van der Waals surface area contributed by atoms with Crippen LogP contribution in [0, 0.1) is 22.7 Å². The number of nitriles is 2. The van der Waals surface area contributed by atoms with Crippen LogP contribution in [-0.4, -0.2) is 7.11 Å². The van der Waals surface area contributed by atoms with Gasteiger partial charge in [0.15, 0.2) is 0 Å². The van der Waals surface area contributed by atoms with Crippen LogP contribution in [-0.2, 0) is 0 Å². The standard InChI is InChI=1S/C15H10N2O2/c1-18-13-4-2-12(3-5-13)15-7-6-14(19-15)8-11(9-16)10-17/h2-8H,1H3.